The van der Waals surface area contributed by atoms with Crippen LogP contribution in [-0.4, -0.2) is 77.9 Å². The summed E-state index contributed by atoms with van der Waals surface area (Å²) >= 11 is 1.50. The number of primary amides is 1. The fourth-order valence-electron chi connectivity index (χ4n) is 2.80. The second-order valence-corrected chi connectivity index (χ2v) is 7.65. The summed E-state index contributed by atoms with van der Waals surface area (Å²) in [7, 11) is 0. The molecule has 1 aliphatic heterocycles. The van der Waals surface area contributed by atoms with Gasteiger partial charge in [-0.2, -0.15) is 11.8 Å². The second kappa shape index (κ2) is 13.0. The fourth-order valence-corrected chi connectivity index (χ4v) is 3.27. The SMILES string of the molecule is CSCCC(NC(=O)C1CCCN1)C(=O)NC(CCC(N)=O)C(=O)NCC(=O)O. The highest BCUT2D eigenvalue weighted by atomic mass is 32.2. The molecule has 0 aliphatic carbocycles. The molecule has 3 unspecified atom stereocenters. The summed E-state index contributed by atoms with van der Waals surface area (Å²) < 4.78 is 0. The van der Waals surface area contributed by atoms with Crippen molar-refractivity contribution in [3.05, 3.63) is 0 Å². The van der Waals surface area contributed by atoms with Gasteiger partial charge >= 0.3 is 5.97 Å². The topological polar surface area (TPSA) is 180 Å². The molecule has 0 bridgehead atoms. The predicted molar refractivity (Wildman–Crippen MR) is 107 cm³/mol. The van der Waals surface area contributed by atoms with Gasteiger partial charge in [0.25, 0.3) is 0 Å². The van der Waals surface area contributed by atoms with E-state index in [0.717, 1.165) is 13.0 Å². The van der Waals surface area contributed by atoms with Crippen molar-refractivity contribution in [2.45, 2.75) is 50.2 Å². The first kappa shape index (κ1) is 24.7. The van der Waals surface area contributed by atoms with E-state index in [0.29, 0.717) is 18.6 Å². The molecule has 4 amide bonds. The number of carbonyl (C=O) groups is 5. The number of amides is 4. The van der Waals surface area contributed by atoms with Gasteiger partial charge in [-0.15, -0.1) is 0 Å². The maximum Gasteiger partial charge on any atom is 0.322 e. The molecule has 3 atom stereocenters. The lowest BCUT2D eigenvalue weighted by Crippen LogP contribution is -2.56. The summed E-state index contributed by atoms with van der Waals surface area (Å²) in [6.07, 6.45) is 3.52. The molecule has 1 rings (SSSR count). The van der Waals surface area contributed by atoms with E-state index in [1.165, 1.54) is 11.8 Å². The molecule has 29 heavy (non-hydrogen) atoms. The monoisotopic (exact) mass is 431 g/mol. The Morgan fingerprint density at radius 3 is 2.38 bits per heavy atom. The number of carbonyl (C=O) groups excluding carboxylic acids is 4. The van der Waals surface area contributed by atoms with E-state index in [4.69, 9.17) is 10.8 Å². The Bertz CT molecular complexity index is 611. The van der Waals surface area contributed by atoms with E-state index in [2.05, 4.69) is 21.3 Å². The van der Waals surface area contributed by atoms with Crippen LogP contribution in [0.2, 0.25) is 0 Å². The summed E-state index contributed by atoms with van der Waals surface area (Å²) in [5, 5.41) is 19.1. The van der Waals surface area contributed by atoms with E-state index in [1.54, 1.807) is 0 Å². The van der Waals surface area contributed by atoms with Crippen LogP contribution >= 0.6 is 11.8 Å². The molecule has 0 aromatic rings. The van der Waals surface area contributed by atoms with Crippen molar-refractivity contribution < 1.29 is 29.1 Å². The number of nitrogens with one attached hydrogen (secondary N) is 4. The van der Waals surface area contributed by atoms with Crippen LogP contribution in [0.15, 0.2) is 0 Å². The van der Waals surface area contributed by atoms with Crippen molar-refractivity contribution in [3.63, 3.8) is 0 Å². The van der Waals surface area contributed by atoms with Crippen LogP contribution in [0.25, 0.3) is 0 Å². The molecular weight excluding hydrogens is 402 g/mol. The van der Waals surface area contributed by atoms with Gasteiger partial charge in [0.1, 0.15) is 18.6 Å². The highest BCUT2D eigenvalue weighted by molar-refractivity contribution is 7.98. The van der Waals surface area contributed by atoms with E-state index < -0.39 is 42.3 Å². The molecule has 12 heteroatoms. The van der Waals surface area contributed by atoms with Gasteiger partial charge in [-0.3, -0.25) is 24.0 Å². The molecule has 1 saturated heterocycles. The normalized spacial score (nSPS) is 17.8. The molecular formula is C17H29N5O6S. The Morgan fingerprint density at radius 1 is 1.14 bits per heavy atom. The maximum absolute atomic E-state index is 12.7. The van der Waals surface area contributed by atoms with Crippen LogP contribution in [0, 0.1) is 0 Å². The third-order valence-corrected chi connectivity index (χ3v) is 4.99. The lowest BCUT2D eigenvalue weighted by atomic mass is 10.1. The summed E-state index contributed by atoms with van der Waals surface area (Å²) in [6, 6.07) is -2.36. The molecule has 0 saturated carbocycles. The van der Waals surface area contributed by atoms with Gasteiger partial charge < -0.3 is 32.1 Å². The summed E-state index contributed by atoms with van der Waals surface area (Å²) in [5.41, 5.74) is 5.11. The number of thioether (sulfide) groups is 1. The molecule has 7 N–H and O–H groups in total. The minimum atomic E-state index is -1.24. The molecule has 11 nitrogen and oxygen atoms in total. The number of aliphatic carboxylic acids is 1. The largest absolute Gasteiger partial charge is 0.480 e. The second-order valence-electron chi connectivity index (χ2n) is 6.67. The highest BCUT2D eigenvalue weighted by Gasteiger charge is 2.30. The predicted octanol–water partition coefficient (Wildman–Crippen LogP) is -2.07. The number of rotatable bonds is 13. The molecule has 1 fully saturated rings. The maximum atomic E-state index is 12.7. The van der Waals surface area contributed by atoms with Crippen molar-refractivity contribution in [1.29, 1.82) is 0 Å². The average molecular weight is 432 g/mol. The third-order valence-electron chi connectivity index (χ3n) is 4.35. The zero-order valence-corrected chi connectivity index (χ0v) is 17.2. The summed E-state index contributed by atoms with van der Waals surface area (Å²) in [4.78, 5) is 59.0. The Labute approximate surface area is 173 Å². The molecule has 0 aromatic heterocycles. The highest BCUT2D eigenvalue weighted by Crippen LogP contribution is 2.08. The van der Waals surface area contributed by atoms with E-state index >= 15 is 0 Å². The van der Waals surface area contributed by atoms with Crippen LogP contribution in [0.1, 0.15) is 32.1 Å². The van der Waals surface area contributed by atoms with Crippen LogP contribution in [0.3, 0.4) is 0 Å². The quantitative estimate of drug-likeness (QED) is 0.192. The van der Waals surface area contributed by atoms with Crippen molar-refractivity contribution in [3.8, 4) is 0 Å². The Kier molecular flexibility index (Phi) is 11.1. The van der Waals surface area contributed by atoms with E-state index in [-0.39, 0.29) is 24.8 Å². The Morgan fingerprint density at radius 2 is 1.83 bits per heavy atom. The fraction of sp³-hybridized carbons (Fsp3) is 0.706. The van der Waals surface area contributed by atoms with Crippen LogP contribution in [0.4, 0.5) is 0 Å². The number of nitrogens with two attached hydrogens (primary N) is 1. The smallest absolute Gasteiger partial charge is 0.322 e. The van der Waals surface area contributed by atoms with Crippen molar-refractivity contribution >= 4 is 41.4 Å². The number of hydrogen-bond acceptors (Lipinski definition) is 7. The van der Waals surface area contributed by atoms with Crippen molar-refractivity contribution in [1.82, 2.24) is 21.3 Å². The number of carboxylic acid groups (broad SMARTS) is 1. The first-order valence-corrected chi connectivity index (χ1v) is 10.7. The lowest BCUT2D eigenvalue weighted by Gasteiger charge is -2.24. The zero-order chi connectivity index (χ0) is 21.8. The average Bonchev–Trinajstić information content (AvgIpc) is 3.20. The summed E-state index contributed by atoms with van der Waals surface area (Å²) in [5.74, 6) is -2.90. The number of hydrogen-bond donors (Lipinski definition) is 6. The van der Waals surface area contributed by atoms with Crippen LogP contribution in [0.5, 0.6) is 0 Å². The van der Waals surface area contributed by atoms with E-state index in [1.807, 2.05) is 6.26 Å². The van der Waals surface area contributed by atoms with Gasteiger partial charge in [0, 0.05) is 6.42 Å². The van der Waals surface area contributed by atoms with Gasteiger partial charge in [-0.1, -0.05) is 0 Å². The minimum Gasteiger partial charge on any atom is -0.480 e. The first-order valence-electron chi connectivity index (χ1n) is 9.35. The standard InChI is InChI=1S/C17H29N5O6S/c1-29-8-6-12(22-16(27)10-3-2-7-19-10)17(28)21-11(4-5-13(18)23)15(26)20-9-14(24)25/h10-12,19H,2-9H2,1H3,(H2,18,23)(H,20,26)(H,21,28)(H,22,27)(H,24,25). The van der Waals surface area contributed by atoms with Crippen LogP contribution in [-0.2, 0) is 24.0 Å². The third kappa shape index (κ3) is 9.61. The molecule has 1 heterocycles. The molecule has 0 aromatic carbocycles. The summed E-state index contributed by atoms with van der Waals surface area (Å²) in [6.45, 7) is 0.112. The molecule has 0 spiro atoms. The van der Waals surface area contributed by atoms with Gasteiger partial charge in [0.15, 0.2) is 0 Å². The van der Waals surface area contributed by atoms with Gasteiger partial charge in [-0.05, 0) is 44.2 Å². The Balaban J connectivity index is 2.78. The zero-order valence-electron chi connectivity index (χ0n) is 16.4. The van der Waals surface area contributed by atoms with Gasteiger partial charge in [-0.25, -0.2) is 0 Å². The van der Waals surface area contributed by atoms with Crippen LogP contribution < -0.4 is 27.0 Å². The minimum absolute atomic E-state index is 0.0834. The van der Waals surface area contributed by atoms with E-state index in [9.17, 15) is 24.0 Å². The number of carboxylic acids is 1. The first-order chi connectivity index (χ1) is 13.7. The Hall–Kier alpha value is -2.34. The molecule has 164 valence electrons. The van der Waals surface area contributed by atoms with Crippen molar-refractivity contribution in [2.24, 2.45) is 5.73 Å². The van der Waals surface area contributed by atoms with Gasteiger partial charge in [0.2, 0.25) is 23.6 Å². The van der Waals surface area contributed by atoms with Gasteiger partial charge in [0.05, 0.1) is 6.04 Å². The molecule has 1 aliphatic rings. The lowest BCUT2D eigenvalue weighted by molar-refractivity contribution is -0.138. The van der Waals surface area contributed by atoms with Crippen molar-refractivity contribution in [2.75, 3.05) is 25.1 Å². The molecule has 0 radical (unpaired) electrons.